The van der Waals surface area contributed by atoms with Crippen LogP contribution in [0.3, 0.4) is 0 Å². The number of nitrogens with one attached hydrogen (secondary N) is 2. The summed E-state index contributed by atoms with van der Waals surface area (Å²) in [5, 5.41) is 14.1. The van der Waals surface area contributed by atoms with Crippen LogP contribution in [0.15, 0.2) is 54.7 Å². The monoisotopic (exact) mass is 434 g/mol. The van der Waals surface area contributed by atoms with Crippen LogP contribution in [0, 0.1) is 5.41 Å². The van der Waals surface area contributed by atoms with Crippen molar-refractivity contribution in [2.45, 2.75) is 18.9 Å². The molecule has 2 N–H and O–H groups in total. The van der Waals surface area contributed by atoms with Crippen molar-refractivity contribution in [2.24, 2.45) is 0 Å². The Kier molecular flexibility index (Phi) is 4.31. The number of carbonyl (C=O) groups excluding carboxylic acids is 1. The van der Waals surface area contributed by atoms with Gasteiger partial charge in [0.05, 0.1) is 12.0 Å². The van der Waals surface area contributed by atoms with Crippen molar-refractivity contribution in [3.63, 3.8) is 0 Å². The van der Waals surface area contributed by atoms with Crippen molar-refractivity contribution in [1.29, 1.82) is 5.41 Å². The first kappa shape index (κ1) is 19.0. The summed E-state index contributed by atoms with van der Waals surface area (Å²) in [4.78, 5) is 17.9. The largest absolute Gasteiger partial charge is 0.346 e. The molecule has 2 aromatic heterocycles. The van der Waals surface area contributed by atoms with Gasteiger partial charge >= 0.3 is 0 Å². The molecule has 0 radical (unpaired) electrons. The third-order valence-electron chi connectivity index (χ3n) is 5.79. The molecule has 30 heavy (non-hydrogen) atoms. The van der Waals surface area contributed by atoms with Crippen LogP contribution < -0.4 is 5.32 Å². The van der Waals surface area contributed by atoms with Gasteiger partial charge in [0.2, 0.25) is 5.91 Å². The lowest BCUT2D eigenvalue weighted by Crippen LogP contribution is -2.58. The summed E-state index contributed by atoms with van der Waals surface area (Å²) in [7, 11) is 1.62. The average molecular weight is 435 g/mol. The van der Waals surface area contributed by atoms with Gasteiger partial charge in [-0.25, -0.2) is 4.98 Å². The number of fused-ring (bicyclic) bond motifs is 3. The summed E-state index contributed by atoms with van der Waals surface area (Å²) in [5.74, 6) is 0.0579. The molecule has 0 saturated carbocycles. The zero-order valence-corrected chi connectivity index (χ0v) is 18.1. The third-order valence-corrected chi connectivity index (χ3v) is 7.24. The number of guanidine groups is 1. The van der Waals surface area contributed by atoms with Crippen LogP contribution in [0.2, 0.25) is 5.15 Å². The Morgan fingerprint density at radius 1 is 1.17 bits per heavy atom. The molecule has 0 aliphatic carbocycles. The molecule has 1 amide bonds. The van der Waals surface area contributed by atoms with E-state index in [1.165, 1.54) is 14.3 Å². The normalized spacial score (nSPS) is 19.5. The number of nitrogens with zero attached hydrogens (tertiary/aromatic N) is 2. The van der Waals surface area contributed by atoms with Gasteiger partial charge in [-0.3, -0.25) is 15.1 Å². The predicted octanol–water partition coefficient (Wildman–Crippen LogP) is 5.37. The first-order chi connectivity index (χ1) is 14.4. The number of pyridine rings is 1. The Bertz CT molecular complexity index is 1330. The second-order valence-corrected chi connectivity index (χ2v) is 9.24. The van der Waals surface area contributed by atoms with Gasteiger partial charge in [0.25, 0.3) is 0 Å². The van der Waals surface area contributed by atoms with Crippen LogP contribution in [0.25, 0.3) is 31.3 Å². The molecular formula is C23H19ClN4OS. The molecular weight excluding hydrogens is 416 g/mol. The predicted molar refractivity (Wildman–Crippen MR) is 123 cm³/mol. The Morgan fingerprint density at radius 3 is 2.63 bits per heavy atom. The Labute approximate surface area is 182 Å². The van der Waals surface area contributed by atoms with Gasteiger partial charge < -0.3 is 5.32 Å². The second-order valence-electron chi connectivity index (χ2n) is 7.80. The fourth-order valence-corrected chi connectivity index (χ4v) is 5.29. The number of hydrogen-bond donors (Lipinski definition) is 2. The van der Waals surface area contributed by atoms with E-state index in [4.69, 9.17) is 17.0 Å². The fourth-order valence-electron chi connectivity index (χ4n) is 4.00. The highest BCUT2D eigenvalue weighted by Gasteiger charge is 2.38. The molecule has 5 nitrogen and oxygen atoms in total. The van der Waals surface area contributed by atoms with E-state index in [2.05, 4.69) is 46.7 Å². The number of halogens is 1. The van der Waals surface area contributed by atoms with Gasteiger partial charge in [-0.05, 0) is 54.4 Å². The average Bonchev–Trinajstić information content (AvgIpc) is 3.09. The summed E-state index contributed by atoms with van der Waals surface area (Å²) in [6.07, 6.45) is 1.99. The highest BCUT2D eigenvalue weighted by Crippen LogP contribution is 2.40. The van der Waals surface area contributed by atoms with E-state index < -0.39 is 5.54 Å². The van der Waals surface area contributed by atoms with E-state index in [0.29, 0.717) is 11.6 Å². The highest BCUT2D eigenvalue weighted by molar-refractivity contribution is 7.25. The Hall–Kier alpha value is -2.96. The Balaban J connectivity index is 1.66. The SMILES string of the molecule is CN1C(=N)N[C@](C)(c2ccc3sc4ccc(-c5cccnc5Cl)cc4c3c2)CC1=O. The molecule has 2 aromatic carbocycles. The number of benzene rings is 2. The van der Waals surface area contributed by atoms with Crippen molar-refractivity contribution >= 4 is 55.0 Å². The lowest BCUT2D eigenvalue weighted by Gasteiger charge is -2.39. The van der Waals surface area contributed by atoms with Crippen molar-refractivity contribution in [2.75, 3.05) is 7.05 Å². The molecule has 0 bridgehead atoms. The molecule has 0 spiro atoms. The van der Waals surface area contributed by atoms with E-state index in [0.717, 1.165) is 27.5 Å². The van der Waals surface area contributed by atoms with Gasteiger partial charge in [0.1, 0.15) is 5.15 Å². The maximum atomic E-state index is 12.4. The number of amides is 1. The molecule has 5 rings (SSSR count). The summed E-state index contributed by atoms with van der Waals surface area (Å²) in [5.41, 5.74) is 2.30. The zero-order chi connectivity index (χ0) is 21.0. The van der Waals surface area contributed by atoms with Gasteiger partial charge in [0, 0.05) is 39.0 Å². The second kappa shape index (κ2) is 6.79. The highest BCUT2D eigenvalue weighted by atomic mass is 35.5. The molecule has 7 heteroatoms. The molecule has 1 fully saturated rings. The van der Waals surface area contributed by atoms with Crippen molar-refractivity contribution in [3.8, 4) is 11.1 Å². The maximum Gasteiger partial charge on any atom is 0.231 e. The van der Waals surface area contributed by atoms with E-state index in [1.807, 2.05) is 19.1 Å². The van der Waals surface area contributed by atoms with E-state index in [-0.39, 0.29) is 11.9 Å². The van der Waals surface area contributed by atoms with E-state index >= 15 is 0 Å². The first-order valence-corrected chi connectivity index (χ1v) is 10.8. The van der Waals surface area contributed by atoms with Gasteiger partial charge in [0.15, 0.2) is 5.96 Å². The quantitative estimate of drug-likeness (QED) is 0.416. The van der Waals surface area contributed by atoms with Crippen LogP contribution in [-0.4, -0.2) is 28.8 Å². The molecule has 3 heterocycles. The summed E-state index contributed by atoms with van der Waals surface area (Å²) >= 11 is 8.05. The number of hydrogen-bond acceptors (Lipinski definition) is 4. The minimum atomic E-state index is -0.618. The smallest absolute Gasteiger partial charge is 0.231 e. The molecule has 150 valence electrons. The summed E-state index contributed by atoms with van der Waals surface area (Å²) in [6, 6.07) is 16.5. The van der Waals surface area contributed by atoms with Crippen LogP contribution in [0.4, 0.5) is 0 Å². The topological polar surface area (TPSA) is 69.1 Å². The lowest BCUT2D eigenvalue weighted by atomic mass is 9.86. The van der Waals surface area contributed by atoms with Crippen LogP contribution in [0.5, 0.6) is 0 Å². The standard InChI is InChI=1S/C23H19ClN4OS/c1-23(12-20(29)28(2)22(25)27-23)14-6-8-19-17(11-14)16-10-13(5-7-18(16)30-19)15-4-3-9-26-21(15)24/h3-11H,12H2,1-2H3,(H2,25,27)/t23-/m0/s1. The number of rotatable bonds is 2. The minimum Gasteiger partial charge on any atom is -0.346 e. The van der Waals surface area contributed by atoms with Crippen LogP contribution >= 0.6 is 22.9 Å². The van der Waals surface area contributed by atoms with Gasteiger partial charge in [-0.1, -0.05) is 23.7 Å². The fraction of sp³-hybridized carbons (Fsp3) is 0.174. The molecule has 1 aliphatic rings. The third kappa shape index (κ3) is 2.95. The summed E-state index contributed by atoms with van der Waals surface area (Å²) < 4.78 is 2.37. The van der Waals surface area contributed by atoms with Crippen molar-refractivity contribution in [1.82, 2.24) is 15.2 Å². The number of carbonyl (C=O) groups is 1. The van der Waals surface area contributed by atoms with Crippen LogP contribution in [-0.2, 0) is 10.3 Å². The number of aromatic nitrogens is 1. The van der Waals surface area contributed by atoms with Gasteiger partial charge in [-0.15, -0.1) is 11.3 Å². The summed E-state index contributed by atoms with van der Waals surface area (Å²) in [6.45, 7) is 1.98. The lowest BCUT2D eigenvalue weighted by molar-refractivity contribution is -0.129. The molecule has 1 aliphatic heterocycles. The van der Waals surface area contributed by atoms with Crippen molar-refractivity contribution < 1.29 is 4.79 Å². The van der Waals surface area contributed by atoms with Crippen molar-refractivity contribution in [3.05, 3.63) is 65.4 Å². The minimum absolute atomic E-state index is 0.0648. The number of thiophene rings is 1. The van der Waals surface area contributed by atoms with Crippen LogP contribution in [0.1, 0.15) is 18.9 Å². The first-order valence-electron chi connectivity index (χ1n) is 9.57. The molecule has 0 unspecified atom stereocenters. The van der Waals surface area contributed by atoms with E-state index in [9.17, 15) is 4.79 Å². The van der Waals surface area contributed by atoms with E-state index in [1.54, 1.807) is 24.6 Å². The maximum absolute atomic E-state index is 12.4. The Morgan fingerprint density at radius 2 is 1.90 bits per heavy atom. The molecule has 1 atom stereocenters. The molecule has 1 saturated heterocycles. The molecule has 4 aromatic rings. The zero-order valence-electron chi connectivity index (χ0n) is 16.5. The van der Waals surface area contributed by atoms with Gasteiger partial charge in [-0.2, -0.15) is 0 Å².